The van der Waals surface area contributed by atoms with Crippen LogP contribution in [0.2, 0.25) is 0 Å². The van der Waals surface area contributed by atoms with Crippen molar-refractivity contribution in [3.05, 3.63) is 78.4 Å². The predicted molar refractivity (Wildman–Crippen MR) is 141 cm³/mol. The number of amides is 1. The van der Waals surface area contributed by atoms with E-state index in [1.165, 1.54) is 0 Å². The van der Waals surface area contributed by atoms with Crippen molar-refractivity contribution in [1.29, 1.82) is 0 Å². The number of sulfonamides is 1. The van der Waals surface area contributed by atoms with Gasteiger partial charge in [-0.15, -0.1) is 0 Å². The number of morpholine rings is 1. The van der Waals surface area contributed by atoms with Crippen LogP contribution in [0.3, 0.4) is 0 Å². The molecule has 1 saturated heterocycles. The lowest BCUT2D eigenvalue weighted by Crippen LogP contribution is -2.38. The molecule has 1 fully saturated rings. The Bertz CT molecular complexity index is 1270. The van der Waals surface area contributed by atoms with Crippen molar-refractivity contribution in [2.75, 3.05) is 54.0 Å². The lowest BCUT2D eigenvalue weighted by atomic mass is 10.2. The summed E-state index contributed by atoms with van der Waals surface area (Å²) in [5, 5.41) is 2.83. The average Bonchev–Trinajstić information content (AvgIpc) is 2.89. The van der Waals surface area contributed by atoms with Crippen molar-refractivity contribution in [2.45, 2.75) is 18.7 Å². The van der Waals surface area contributed by atoms with Crippen molar-refractivity contribution < 1.29 is 22.7 Å². The summed E-state index contributed by atoms with van der Waals surface area (Å²) in [6.07, 6.45) is 0. The molecule has 4 rings (SSSR count). The molecule has 8 nitrogen and oxygen atoms in total. The number of ether oxygens (including phenoxy) is 2. The summed E-state index contributed by atoms with van der Waals surface area (Å²) in [5.74, 6) is -0.0746. The molecular formula is C27H31N3O5S. The molecule has 0 aliphatic carbocycles. The van der Waals surface area contributed by atoms with E-state index >= 15 is 0 Å². The highest BCUT2D eigenvalue weighted by molar-refractivity contribution is 7.92. The zero-order chi connectivity index (χ0) is 25.5. The van der Waals surface area contributed by atoms with Crippen LogP contribution in [0.15, 0.2) is 77.7 Å². The Labute approximate surface area is 212 Å². The molecule has 0 aromatic heterocycles. The van der Waals surface area contributed by atoms with Crippen LogP contribution < -0.4 is 19.3 Å². The number of benzene rings is 3. The van der Waals surface area contributed by atoms with Gasteiger partial charge in [-0.25, -0.2) is 8.42 Å². The summed E-state index contributed by atoms with van der Waals surface area (Å²) >= 11 is 0. The number of carbonyl (C=O) groups is 1. The van der Waals surface area contributed by atoms with Crippen LogP contribution in [0.1, 0.15) is 12.5 Å². The molecule has 1 heterocycles. The van der Waals surface area contributed by atoms with Crippen LogP contribution in [-0.4, -0.2) is 53.8 Å². The van der Waals surface area contributed by atoms with Gasteiger partial charge in [0.2, 0.25) is 5.91 Å². The molecule has 190 valence electrons. The number of nitrogens with one attached hydrogen (secondary N) is 1. The molecule has 3 aromatic rings. The van der Waals surface area contributed by atoms with Crippen LogP contribution in [0.5, 0.6) is 5.75 Å². The number of carbonyl (C=O) groups excluding carboxylic acids is 1. The van der Waals surface area contributed by atoms with E-state index in [1.807, 2.05) is 38.1 Å². The van der Waals surface area contributed by atoms with Crippen molar-refractivity contribution in [3.8, 4) is 5.75 Å². The van der Waals surface area contributed by atoms with Crippen molar-refractivity contribution in [3.63, 3.8) is 0 Å². The topological polar surface area (TPSA) is 88.2 Å². The normalized spacial score (nSPS) is 13.8. The first-order valence-corrected chi connectivity index (χ1v) is 13.4. The molecule has 36 heavy (non-hydrogen) atoms. The highest BCUT2D eigenvalue weighted by Crippen LogP contribution is 2.32. The van der Waals surface area contributed by atoms with Gasteiger partial charge in [0.1, 0.15) is 12.3 Å². The minimum atomic E-state index is -4.05. The molecule has 1 aliphatic rings. The molecule has 0 atom stereocenters. The molecule has 0 bridgehead atoms. The molecule has 3 aromatic carbocycles. The number of hydrogen-bond acceptors (Lipinski definition) is 6. The molecule has 0 radical (unpaired) electrons. The summed E-state index contributed by atoms with van der Waals surface area (Å²) in [6.45, 7) is 6.66. The first-order valence-electron chi connectivity index (χ1n) is 11.9. The van der Waals surface area contributed by atoms with Gasteiger partial charge in [0.05, 0.1) is 30.4 Å². The zero-order valence-electron chi connectivity index (χ0n) is 20.5. The number of nitrogens with zero attached hydrogens (tertiary/aromatic N) is 2. The van der Waals surface area contributed by atoms with Crippen LogP contribution in [0.4, 0.5) is 17.1 Å². The van der Waals surface area contributed by atoms with Gasteiger partial charge in [0, 0.05) is 24.5 Å². The Morgan fingerprint density at radius 1 is 1.00 bits per heavy atom. The Kier molecular flexibility index (Phi) is 8.12. The van der Waals surface area contributed by atoms with Gasteiger partial charge >= 0.3 is 0 Å². The second-order valence-corrected chi connectivity index (χ2v) is 10.3. The summed E-state index contributed by atoms with van der Waals surface area (Å²) in [4.78, 5) is 15.4. The largest absolute Gasteiger partial charge is 0.492 e. The smallest absolute Gasteiger partial charge is 0.264 e. The number of para-hydroxylation sites is 2. The molecule has 1 N–H and O–H groups in total. The third-order valence-corrected chi connectivity index (χ3v) is 7.63. The van der Waals surface area contributed by atoms with Crippen LogP contribution in [-0.2, 0) is 19.6 Å². The first kappa shape index (κ1) is 25.5. The minimum Gasteiger partial charge on any atom is -0.492 e. The maximum Gasteiger partial charge on any atom is 0.264 e. The van der Waals surface area contributed by atoms with Crippen molar-refractivity contribution >= 4 is 33.0 Å². The van der Waals surface area contributed by atoms with Gasteiger partial charge in [-0.3, -0.25) is 9.10 Å². The quantitative estimate of drug-likeness (QED) is 0.468. The maximum absolute atomic E-state index is 13.7. The first-order chi connectivity index (χ1) is 17.4. The Morgan fingerprint density at radius 2 is 1.67 bits per heavy atom. The molecule has 1 aliphatic heterocycles. The Morgan fingerprint density at radius 3 is 2.33 bits per heavy atom. The van der Waals surface area contributed by atoms with E-state index in [9.17, 15) is 13.2 Å². The van der Waals surface area contributed by atoms with E-state index in [0.29, 0.717) is 36.9 Å². The molecule has 0 spiro atoms. The fourth-order valence-corrected chi connectivity index (χ4v) is 5.42. The van der Waals surface area contributed by atoms with E-state index in [1.54, 1.807) is 48.5 Å². The SMILES string of the molecule is CCOc1ccccc1N(CC(=O)Nc1ccc(N2CCOCC2)cc1)S(=O)(=O)c1ccc(C)cc1. The second-order valence-electron chi connectivity index (χ2n) is 8.42. The van der Waals surface area contributed by atoms with Crippen LogP contribution >= 0.6 is 0 Å². The number of anilines is 3. The number of rotatable bonds is 9. The molecule has 9 heteroatoms. The minimum absolute atomic E-state index is 0.0991. The third kappa shape index (κ3) is 5.98. The van der Waals surface area contributed by atoms with Gasteiger partial charge in [0.15, 0.2) is 0 Å². The fraction of sp³-hybridized carbons (Fsp3) is 0.296. The summed E-state index contributed by atoms with van der Waals surface area (Å²) in [5.41, 5.74) is 2.87. The zero-order valence-corrected chi connectivity index (χ0v) is 21.3. The standard InChI is InChI=1S/C27H31N3O5S/c1-3-35-26-7-5-4-6-25(26)30(36(32,33)24-14-8-21(2)9-15-24)20-27(31)28-22-10-12-23(13-11-22)29-16-18-34-19-17-29/h4-15H,3,16-20H2,1-2H3,(H,28,31). The second kappa shape index (κ2) is 11.5. The third-order valence-electron chi connectivity index (χ3n) is 5.86. The molecular weight excluding hydrogens is 478 g/mol. The summed E-state index contributed by atoms with van der Waals surface area (Å²) in [6, 6.07) is 20.9. The van der Waals surface area contributed by atoms with E-state index in [4.69, 9.17) is 9.47 Å². The maximum atomic E-state index is 13.7. The predicted octanol–water partition coefficient (Wildman–Crippen LogP) is 4.06. The summed E-state index contributed by atoms with van der Waals surface area (Å²) < 4.78 is 39.5. The van der Waals surface area contributed by atoms with Gasteiger partial charge in [-0.2, -0.15) is 0 Å². The van der Waals surface area contributed by atoms with Crippen molar-refractivity contribution in [1.82, 2.24) is 0 Å². The highest BCUT2D eigenvalue weighted by Gasteiger charge is 2.29. The van der Waals surface area contributed by atoms with Crippen LogP contribution in [0, 0.1) is 6.92 Å². The van der Waals surface area contributed by atoms with E-state index in [-0.39, 0.29) is 4.90 Å². The monoisotopic (exact) mass is 509 g/mol. The van der Waals surface area contributed by atoms with E-state index in [2.05, 4.69) is 10.2 Å². The van der Waals surface area contributed by atoms with Gasteiger partial charge in [0.25, 0.3) is 10.0 Å². The highest BCUT2D eigenvalue weighted by atomic mass is 32.2. The molecule has 0 unspecified atom stereocenters. The van der Waals surface area contributed by atoms with E-state index in [0.717, 1.165) is 28.6 Å². The Balaban J connectivity index is 1.58. The summed E-state index contributed by atoms with van der Waals surface area (Å²) in [7, 11) is -4.05. The van der Waals surface area contributed by atoms with Gasteiger partial charge in [-0.05, 0) is 62.4 Å². The van der Waals surface area contributed by atoms with Gasteiger partial charge < -0.3 is 19.7 Å². The van der Waals surface area contributed by atoms with Gasteiger partial charge in [-0.1, -0.05) is 29.8 Å². The van der Waals surface area contributed by atoms with Crippen LogP contribution in [0.25, 0.3) is 0 Å². The Hall–Kier alpha value is -3.56. The lowest BCUT2D eigenvalue weighted by molar-refractivity contribution is -0.114. The number of hydrogen-bond donors (Lipinski definition) is 1. The van der Waals surface area contributed by atoms with Crippen molar-refractivity contribution in [2.24, 2.45) is 0 Å². The lowest BCUT2D eigenvalue weighted by Gasteiger charge is -2.29. The molecule has 1 amide bonds. The molecule has 0 saturated carbocycles. The van der Waals surface area contributed by atoms with E-state index < -0.39 is 22.5 Å². The average molecular weight is 510 g/mol. The fourth-order valence-electron chi connectivity index (χ4n) is 3.99. The number of aryl methyl sites for hydroxylation is 1.